The molecule has 2 amide bonds. The van der Waals surface area contributed by atoms with Gasteiger partial charge >= 0.3 is 5.97 Å². The molecule has 0 unspecified atom stereocenters. The Bertz CT molecular complexity index is 1060. The minimum atomic E-state index is -1.25. The van der Waals surface area contributed by atoms with Crippen molar-refractivity contribution in [2.75, 3.05) is 19.1 Å². The number of nitrogens with one attached hydrogen (secondary N) is 1. The second kappa shape index (κ2) is 9.87. The van der Waals surface area contributed by atoms with Crippen LogP contribution in [-0.2, 0) is 16.1 Å². The standard InChI is InChI=1S/C25H32N4O5/c1-25(24(32)26-17-9-7-5-4-6-8-10-17)16-28-21(15-20(27-28)23(31)34-3)22(30)29(25)18-11-13-19(33-2)14-12-18/h11-15,17H,4-10,16H2,1-3H3,(H,26,32)/t25-/m0/s1. The average Bonchev–Trinajstić information content (AvgIpc) is 3.24. The van der Waals surface area contributed by atoms with Gasteiger partial charge in [-0.05, 0) is 44.0 Å². The number of hydrogen-bond donors (Lipinski definition) is 1. The fourth-order valence-electron chi connectivity index (χ4n) is 4.86. The molecule has 0 radical (unpaired) electrons. The Balaban J connectivity index is 1.71. The number of benzene rings is 1. The smallest absolute Gasteiger partial charge is 0.358 e. The maximum Gasteiger partial charge on any atom is 0.358 e. The Kier molecular flexibility index (Phi) is 6.90. The first kappa shape index (κ1) is 23.8. The van der Waals surface area contributed by atoms with Crippen molar-refractivity contribution in [3.63, 3.8) is 0 Å². The fourth-order valence-corrected chi connectivity index (χ4v) is 4.86. The molecule has 0 saturated heterocycles. The van der Waals surface area contributed by atoms with Crippen LogP contribution in [0.3, 0.4) is 0 Å². The molecule has 1 aliphatic heterocycles. The highest BCUT2D eigenvalue weighted by molar-refractivity contribution is 6.12. The topological polar surface area (TPSA) is 103 Å². The summed E-state index contributed by atoms with van der Waals surface area (Å²) in [6.07, 6.45) is 7.60. The zero-order valence-electron chi connectivity index (χ0n) is 20.0. The van der Waals surface area contributed by atoms with E-state index in [2.05, 4.69) is 10.4 Å². The number of methoxy groups -OCH3 is 2. The molecule has 1 aromatic heterocycles. The molecule has 1 saturated carbocycles. The molecule has 2 heterocycles. The maximum absolute atomic E-state index is 13.8. The molecule has 1 fully saturated rings. The van der Waals surface area contributed by atoms with Gasteiger partial charge in [0, 0.05) is 17.8 Å². The molecular formula is C25H32N4O5. The minimum Gasteiger partial charge on any atom is -0.497 e. The van der Waals surface area contributed by atoms with Crippen molar-refractivity contribution >= 4 is 23.5 Å². The first-order valence-electron chi connectivity index (χ1n) is 11.8. The van der Waals surface area contributed by atoms with Gasteiger partial charge in [0.2, 0.25) is 5.91 Å². The van der Waals surface area contributed by atoms with Gasteiger partial charge < -0.3 is 14.8 Å². The molecule has 2 aromatic rings. The molecule has 1 aromatic carbocycles. The summed E-state index contributed by atoms with van der Waals surface area (Å²) in [7, 11) is 2.83. The molecule has 4 rings (SSSR count). The van der Waals surface area contributed by atoms with E-state index in [0.29, 0.717) is 11.4 Å². The summed E-state index contributed by atoms with van der Waals surface area (Å²) >= 11 is 0. The van der Waals surface area contributed by atoms with Crippen molar-refractivity contribution in [1.29, 1.82) is 0 Å². The number of carbonyl (C=O) groups excluding carboxylic acids is 3. The molecule has 34 heavy (non-hydrogen) atoms. The first-order valence-corrected chi connectivity index (χ1v) is 11.8. The predicted molar refractivity (Wildman–Crippen MR) is 126 cm³/mol. The Morgan fingerprint density at radius 1 is 1.06 bits per heavy atom. The number of amides is 2. The van der Waals surface area contributed by atoms with E-state index in [-0.39, 0.29) is 29.9 Å². The molecule has 1 atom stereocenters. The molecule has 0 bridgehead atoms. The Morgan fingerprint density at radius 3 is 2.32 bits per heavy atom. The average molecular weight is 469 g/mol. The van der Waals surface area contributed by atoms with Crippen molar-refractivity contribution in [2.24, 2.45) is 0 Å². The second-order valence-electron chi connectivity index (χ2n) is 9.19. The zero-order valence-corrected chi connectivity index (χ0v) is 20.0. The molecule has 9 heteroatoms. The third-order valence-corrected chi connectivity index (χ3v) is 6.81. The summed E-state index contributed by atoms with van der Waals surface area (Å²) in [5.41, 5.74) is -0.425. The van der Waals surface area contributed by atoms with Crippen molar-refractivity contribution in [2.45, 2.75) is 70.0 Å². The minimum absolute atomic E-state index is 0.0326. The van der Waals surface area contributed by atoms with Gasteiger partial charge in [0.25, 0.3) is 5.91 Å². The van der Waals surface area contributed by atoms with E-state index in [1.807, 2.05) is 0 Å². The monoisotopic (exact) mass is 468 g/mol. The van der Waals surface area contributed by atoms with E-state index in [1.54, 1.807) is 38.3 Å². The summed E-state index contributed by atoms with van der Waals surface area (Å²) in [6, 6.07) is 8.50. The van der Waals surface area contributed by atoms with Gasteiger partial charge in [0.15, 0.2) is 5.69 Å². The normalized spacial score (nSPS) is 21.3. The van der Waals surface area contributed by atoms with E-state index < -0.39 is 17.4 Å². The number of hydrogen-bond acceptors (Lipinski definition) is 6. The van der Waals surface area contributed by atoms with Crippen LogP contribution < -0.4 is 15.0 Å². The molecule has 9 nitrogen and oxygen atoms in total. The van der Waals surface area contributed by atoms with Gasteiger partial charge in [0.1, 0.15) is 17.0 Å². The molecular weight excluding hydrogens is 436 g/mol. The van der Waals surface area contributed by atoms with Crippen molar-refractivity contribution in [1.82, 2.24) is 15.1 Å². The molecule has 0 spiro atoms. The van der Waals surface area contributed by atoms with Gasteiger partial charge in [-0.25, -0.2) is 4.79 Å². The van der Waals surface area contributed by atoms with Gasteiger partial charge in [0.05, 0.1) is 20.8 Å². The highest BCUT2D eigenvalue weighted by Crippen LogP contribution is 2.34. The van der Waals surface area contributed by atoms with Crippen LogP contribution in [-0.4, -0.2) is 53.4 Å². The van der Waals surface area contributed by atoms with Crippen LogP contribution in [0.4, 0.5) is 5.69 Å². The first-order chi connectivity index (χ1) is 16.4. The summed E-state index contributed by atoms with van der Waals surface area (Å²) in [5.74, 6) is -0.629. The number of ether oxygens (including phenoxy) is 2. The quantitative estimate of drug-likeness (QED) is 0.676. The second-order valence-corrected chi connectivity index (χ2v) is 9.19. The lowest BCUT2D eigenvalue weighted by molar-refractivity contribution is -0.127. The van der Waals surface area contributed by atoms with Crippen LogP contribution in [0.1, 0.15) is 72.8 Å². The van der Waals surface area contributed by atoms with Gasteiger partial charge in [-0.3, -0.25) is 19.2 Å². The number of nitrogens with zero attached hydrogens (tertiary/aromatic N) is 3. The largest absolute Gasteiger partial charge is 0.497 e. The van der Waals surface area contributed by atoms with Crippen LogP contribution in [0.2, 0.25) is 0 Å². The summed E-state index contributed by atoms with van der Waals surface area (Å²) < 4.78 is 11.5. The molecule has 1 N–H and O–H groups in total. The lowest BCUT2D eigenvalue weighted by Crippen LogP contribution is -2.65. The number of carbonyl (C=O) groups is 3. The number of esters is 1. The van der Waals surface area contributed by atoms with Gasteiger partial charge in [-0.2, -0.15) is 5.10 Å². The zero-order chi connectivity index (χ0) is 24.3. The van der Waals surface area contributed by atoms with E-state index in [9.17, 15) is 14.4 Å². The van der Waals surface area contributed by atoms with Gasteiger partial charge in [-0.15, -0.1) is 0 Å². The number of rotatable bonds is 5. The number of aromatic nitrogens is 2. The predicted octanol–water partition coefficient (Wildman–Crippen LogP) is 3.33. The van der Waals surface area contributed by atoms with Crippen LogP contribution in [0.15, 0.2) is 30.3 Å². The highest BCUT2D eigenvalue weighted by Gasteiger charge is 2.49. The lowest BCUT2D eigenvalue weighted by atomic mass is 9.91. The number of fused-ring (bicyclic) bond motifs is 1. The third-order valence-electron chi connectivity index (χ3n) is 6.81. The van der Waals surface area contributed by atoms with E-state index >= 15 is 0 Å². The van der Waals surface area contributed by atoms with Crippen molar-refractivity contribution < 1.29 is 23.9 Å². The molecule has 182 valence electrons. The Labute approximate surface area is 199 Å². The van der Waals surface area contributed by atoms with E-state index in [0.717, 1.165) is 25.7 Å². The maximum atomic E-state index is 13.8. The highest BCUT2D eigenvalue weighted by atomic mass is 16.5. The van der Waals surface area contributed by atoms with Crippen LogP contribution in [0.5, 0.6) is 5.75 Å². The van der Waals surface area contributed by atoms with Gasteiger partial charge in [-0.1, -0.05) is 32.1 Å². The number of anilines is 1. The Hall–Kier alpha value is -3.36. The summed E-state index contributed by atoms with van der Waals surface area (Å²) in [6.45, 7) is 1.85. The van der Waals surface area contributed by atoms with Crippen LogP contribution in [0, 0.1) is 0 Å². The summed E-state index contributed by atoms with van der Waals surface area (Å²) in [4.78, 5) is 41.1. The SMILES string of the molecule is COC(=O)c1cc2n(n1)C[C@@](C)(C(=O)NC1CCCCCCC1)N(c1ccc(OC)cc1)C2=O. The summed E-state index contributed by atoms with van der Waals surface area (Å²) in [5, 5.41) is 7.50. The van der Waals surface area contributed by atoms with Crippen LogP contribution >= 0.6 is 0 Å². The Morgan fingerprint density at radius 2 is 1.71 bits per heavy atom. The molecule has 2 aliphatic rings. The molecule has 1 aliphatic carbocycles. The van der Waals surface area contributed by atoms with E-state index in [4.69, 9.17) is 9.47 Å². The van der Waals surface area contributed by atoms with Crippen LogP contribution in [0.25, 0.3) is 0 Å². The third kappa shape index (κ3) is 4.51. The van der Waals surface area contributed by atoms with Crippen molar-refractivity contribution in [3.05, 3.63) is 41.7 Å². The fraction of sp³-hybridized carbons (Fsp3) is 0.520. The van der Waals surface area contributed by atoms with Crippen molar-refractivity contribution in [3.8, 4) is 5.75 Å². The lowest BCUT2D eigenvalue weighted by Gasteiger charge is -2.43. The van der Waals surface area contributed by atoms with E-state index in [1.165, 1.54) is 42.0 Å².